The fourth-order valence-electron chi connectivity index (χ4n) is 3.31. The van der Waals surface area contributed by atoms with Crippen molar-refractivity contribution < 1.29 is 13.2 Å². The molecule has 1 aromatic heterocycles. The van der Waals surface area contributed by atoms with Crippen LogP contribution in [0.15, 0.2) is 48.8 Å². The van der Waals surface area contributed by atoms with Crippen LogP contribution in [-0.2, 0) is 10.0 Å². The van der Waals surface area contributed by atoms with Gasteiger partial charge in [0.05, 0.1) is 5.75 Å². The fraction of sp³-hybridized carbons (Fsp3) is 0.450. The SMILES string of the molecule is CCCCS(=O)(=O)NC1CCN(C(=O)c2ccc(-n3cccc3)cc2)CC1. The van der Waals surface area contributed by atoms with Crippen molar-refractivity contribution in [2.75, 3.05) is 18.8 Å². The average molecular weight is 390 g/mol. The van der Waals surface area contributed by atoms with Crippen molar-refractivity contribution in [3.05, 3.63) is 54.4 Å². The van der Waals surface area contributed by atoms with E-state index in [1.54, 1.807) is 0 Å². The first-order chi connectivity index (χ1) is 13.0. The lowest BCUT2D eigenvalue weighted by Gasteiger charge is -2.32. The van der Waals surface area contributed by atoms with Crippen LogP contribution in [0, 0.1) is 0 Å². The van der Waals surface area contributed by atoms with E-state index in [1.165, 1.54) is 0 Å². The van der Waals surface area contributed by atoms with Crippen molar-refractivity contribution in [3.63, 3.8) is 0 Å². The second-order valence-corrected chi connectivity index (χ2v) is 8.87. The summed E-state index contributed by atoms with van der Waals surface area (Å²) in [7, 11) is -3.22. The highest BCUT2D eigenvalue weighted by molar-refractivity contribution is 7.89. The van der Waals surface area contributed by atoms with Gasteiger partial charge >= 0.3 is 0 Å². The minimum absolute atomic E-state index is 0.00125. The molecule has 146 valence electrons. The summed E-state index contributed by atoms with van der Waals surface area (Å²) < 4.78 is 28.8. The van der Waals surface area contributed by atoms with Gasteiger partial charge in [0.15, 0.2) is 0 Å². The molecule has 7 heteroatoms. The number of rotatable bonds is 7. The summed E-state index contributed by atoms with van der Waals surface area (Å²) >= 11 is 0. The predicted molar refractivity (Wildman–Crippen MR) is 107 cm³/mol. The van der Waals surface area contributed by atoms with Gasteiger partial charge in [0.2, 0.25) is 10.0 Å². The van der Waals surface area contributed by atoms with Gasteiger partial charge in [0, 0.05) is 42.8 Å². The number of sulfonamides is 1. The molecule has 1 aliphatic rings. The number of likely N-dealkylation sites (tertiary alicyclic amines) is 1. The van der Waals surface area contributed by atoms with Crippen LogP contribution in [0.2, 0.25) is 0 Å². The molecule has 1 aromatic carbocycles. The summed E-state index contributed by atoms with van der Waals surface area (Å²) in [5.74, 6) is 0.178. The number of hydrogen-bond donors (Lipinski definition) is 1. The molecule has 27 heavy (non-hydrogen) atoms. The molecule has 1 amide bonds. The van der Waals surface area contributed by atoms with Crippen LogP contribution in [-0.4, -0.2) is 48.7 Å². The molecule has 0 bridgehead atoms. The lowest BCUT2D eigenvalue weighted by molar-refractivity contribution is 0.0711. The van der Waals surface area contributed by atoms with Crippen molar-refractivity contribution >= 4 is 15.9 Å². The maximum atomic E-state index is 12.7. The van der Waals surface area contributed by atoms with Crippen molar-refractivity contribution in [1.82, 2.24) is 14.2 Å². The third-order valence-corrected chi connectivity index (χ3v) is 6.43. The molecule has 0 saturated carbocycles. The van der Waals surface area contributed by atoms with Gasteiger partial charge in [-0.05, 0) is 55.7 Å². The molecule has 1 fully saturated rings. The zero-order valence-electron chi connectivity index (χ0n) is 15.7. The highest BCUT2D eigenvalue weighted by Gasteiger charge is 2.26. The number of unbranched alkanes of at least 4 members (excludes halogenated alkanes) is 1. The first kappa shape index (κ1) is 19.6. The van der Waals surface area contributed by atoms with Crippen molar-refractivity contribution in [2.45, 2.75) is 38.6 Å². The zero-order chi connectivity index (χ0) is 19.3. The molecule has 0 unspecified atom stereocenters. The number of amides is 1. The van der Waals surface area contributed by atoms with Crippen LogP contribution in [0.25, 0.3) is 5.69 Å². The minimum atomic E-state index is -3.22. The highest BCUT2D eigenvalue weighted by atomic mass is 32.2. The predicted octanol–water partition coefficient (Wildman–Crippen LogP) is 2.80. The van der Waals surface area contributed by atoms with Crippen molar-refractivity contribution in [3.8, 4) is 5.69 Å². The van der Waals surface area contributed by atoms with Gasteiger partial charge in [-0.25, -0.2) is 13.1 Å². The Morgan fingerprint density at radius 1 is 1.11 bits per heavy atom. The monoisotopic (exact) mass is 389 g/mol. The van der Waals surface area contributed by atoms with Gasteiger partial charge in [0.25, 0.3) is 5.91 Å². The standard InChI is InChI=1S/C20H27N3O3S/c1-2-3-16-27(25,26)21-18-10-14-23(15-11-18)20(24)17-6-8-19(9-7-17)22-12-4-5-13-22/h4-9,12-13,18,21H,2-3,10-11,14-16H2,1H3. The summed E-state index contributed by atoms with van der Waals surface area (Å²) in [6.07, 6.45) is 6.76. The molecule has 0 spiro atoms. The van der Waals surface area contributed by atoms with E-state index in [1.807, 2.05) is 65.2 Å². The number of piperidine rings is 1. The Balaban J connectivity index is 1.54. The fourth-order valence-corrected chi connectivity index (χ4v) is 4.84. The van der Waals surface area contributed by atoms with Gasteiger partial charge in [-0.1, -0.05) is 13.3 Å². The molecule has 1 aliphatic heterocycles. The van der Waals surface area contributed by atoms with Crippen molar-refractivity contribution in [2.24, 2.45) is 0 Å². The Kier molecular flexibility index (Phi) is 6.34. The first-order valence-corrected chi connectivity index (χ1v) is 11.2. The van der Waals surface area contributed by atoms with Gasteiger partial charge in [-0.3, -0.25) is 4.79 Å². The van der Waals surface area contributed by atoms with Crippen LogP contribution in [0.4, 0.5) is 0 Å². The lowest BCUT2D eigenvalue weighted by Crippen LogP contribution is -2.47. The van der Waals surface area contributed by atoms with Crippen LogP contribution >= 0.6 is 0 Å². The van der Waals surface area contributed by atoms with Crippen LogP contribution in [0.5, 0.6) is 0 Å². The molecule has 1 N–H and O–H groups in total. The van der Waals surface area contributed by atoms with Crippen molar-refractivity contribution in [1.29, 1.82) is 0 Å². The molecule has 2 aromatic rings. The number of carbonyl (C=O) groups is 1. The maximum Gasteiger partial charge on any atom is 0.253 e. The molecule has 1 saturated heterocycles. The van der Waals surface area contributed by atoms with Gasteiger partial charge < -0.3 is 9.47 Å². The molecular weight excluding hydrogens is 362 g/mol. The van der Waals surface area contributed by atoms with Crippen LogP contribution in [0.3, 0.4) is 0 Å². The Labute approximate surface area is 161 Å². The quantitative estimate of drug-likeness (QED) is 0.791. The topological polar surface area (TPSA) is 71.4 Å². The van der Waals surface area contributed by atoms with E-state index in [2.05, 4.69) is 4.72 Å². The summed E-state index contributed by atoms with van der Waals surface area (Å²) in [6.45, 7) is 3.11. The van der Waals surface area contributed by atoms with E-state index < -0.39 is 10.0 Å². The van der Waals surface area contributed by atoms with Crippen LogP contribution in [0.1, 0.15) is 43.0 Å². The number of carbonyl (C=O) groups excluding carboxylic acids is 1. The number of benzene rings is 1. The van der Waals surface area contributed by atoms with Gasteiger partial charge in [-0.15, -0.1) is 0 Å². The summed E-state index contributed by atoms with van der Waals surface area (Å²) in [4.78, 5) is 14.5. The van der Waals surface area contributed by atoms with E-state index >= 15 is 0 Å². The second kappa shape index (κ2) is 8.71. The smallest absolute Gasteiger partial charge is 0.253 e. The molecule has 0 atom stereocenters. The number of nitrogens with one attached hydrogen (secondary N) is 1. The molecule has 2 heterocycles. The van der Waals surface area contributed by atoms with E-state index in [0.717, 1.165) is 12.1 Å². The highest BCUT2D eigenvalue weighted by Crippen LogP contribution is 2.17. The molecule has 6 nitrogen and oxygen atoms in total. The maximum absolute atomic E-state index is 12.7. The first-order valence-electron chi connectivity index (χ1n) is 9.51. The van der Waals surface area contributed by atoms with Gasteiger partial charge in [0.1, 0.15) is 0 Å². The zero-order valence-corrected chi connectivity index (χ0v) is 16.5. The minimum Gasteiger partial charge on any atom is -0.339 e. The Morgan fingerprint density at radius 2 is 1.74 bits per heavy atom. The summed E-state index contributed by atoms with van der Waals surface area (Å²) in [6, 6.07) is 11.4. The number of aromatic nitrogens is 1. The van der Waals surface area contributed by atoms with E-state index in [0.29, 0.717) is 37.9 Å². The molecule has 0 radical (unpaired) electrons. The molecule has 3 rings (SSSR count). The van der Waals surface area contributed by atoms with Crippen LogP contribution < -0.4 is 4.72 Å². The number of hydrogen-bond acceptors (Lipinski definition) is 3. The summed E-state index contributed by atoms with van der Waals surface area (Å²) in [5, 5.41) is 0. The molecule has 0 aliphatic carbocycles. The normalized spacial score (nSPS) is 15.8. The molecular formula is C20H27N3O3S. The lowest BCUT2D eigenvalue weighted by atomic mass is 10.0. The Hall–Kier alpha value is -2.12. The Morgan fingerprint density at radius 3 is 2.33 bits per heavy atom. The van der Waals surface area contributed by atoms with E-state index in [9.17, 15) is 13.2 Å². The van der Waals surface area contributed by atoms with E-state index in [-0.39, 0.29) is 17.7 Å². The average Bonchev–Trinajstić information content (AvgIpc) is 3.21. The third kappa shape index (κ3) is 5.20. The van der Waals surface area contributed by atoms with E-state index in [4.69, 9.17) is 0 Å². The summed E-state index contributed by atoms with van der Waals surface area (Å²) in [5.41, 5.74) is 1.67. The third-order valence-electron chi connectivity index (χ3n) is 4.91. The second-order valence-electron chi connectivity index (χ2n) is 6.99. The largest absolute Gasteiger partial charge is 0.339 e. The Bertz CT molecular complexity index is 837. The van der Waals surface area contributed by atoms with Gasteiger partial charge in [-0.2, -0.15) is 0 Å². The number of nitrogens with zero attached hydrogens (tertiary/aromatic N) is 2.